The number of hydrogen-bond donors (Lipinski definition) is 2. The van der Waals surface area contributed by atoms with Gasteiger partial charge in [0.25, 0.3) is 0 Å². The van der Waals surface area contributed by atoms with Gasteiger partial charge >= 0.3 is 5.97 Å². The molecule has 1 rings (SSSR count). The molecule has 0 aromatic rings. The summed E-state index contributed by atoms with van der Waals surface area (Å²) in [6.07, 6.45) is 0.0578. The summed E-state index contributed by atoms with van der Waals surface area (Å²) < 4.78 is 0. The van der Waals surface area contributed by atoms with Gasteiger partial charge in [-0.2, -0.15) is 0 Å². The third-order valence-corrected chi connectivity index (χ3v) is 2.03. The molecule has 0 aromatic carbocycles. The van der Waals surface area contributed by atoms with Crippen molar-refractivity contribution in [3.8, 4) is 0 Å². The molecule has 1 saturated heterocycles. The van der Waals surface area contributed by atoms with E-state index in [2.05, 4.69) is 5.32 Å². The van der Waals surface area contributed by atoms with E-state index in [-0.39, 0.29) is 31.1 Å². The molecule has 1 fully saturated rings. The van der Waals surface area contributed by atoms with Gasteiger partial charge in [0.2, 0.25) is 11.8 Å². The van der Waals surface area contributed by atoms with Crippen molar-refractivity contribution in [3.63, 3.8) is 0 Å². The van der Waals surface area contributed by atoms with Crippen LogP contribution >= 0.6 is 0 Å². The lowest BCUT2D eigenvalue weighted by Crippen LogP contribution is -2.44. The molecule has 0 aliphatic carbocycles. The van der Waals surface area contributed by atoms with Crippen LogP contribution in [0.15, 0.2) is 0 Å². The van der Waals surface area contributed by atoms with Gasteiger partial charge in [-0.3, -0.25) is 19.7 Å². The fourth-order valence-electron chi connectivity index (χ4n) is 1.57. The maximum Gasteiger partial charge on any atom is 0.303 e. The minimum Gasteiger partial charge on any atom is -0.481 e. The summed E-state index contributed by atoms with van der Waals surface area (Å²) in [7, 11) is 0. The van der Waals surface area contributed by atoms with E-state index in [9.17, 15) is 14.4 Å². The van der Waals surface area contributed by atoms with Crippen LogP contribution < -0.4 is 5.32 Å². The topological polar surface area (TPSA) is 83.5 Å². The Bertz CT molecular complexity index is 250. The van der Waals surface area contributed by atoms with Crippen LogP contribution in [0.1, 0.15) is 26.2 Å². The molecule has 0 bridgehead atoms. The number of carbonyl (C=O) groups is 3. The van der Waals surface area contributed by atoms with Gasteiger partial charge in [0.1, 0.15) is 0 Å². The van der Waals surface area contributed by atoms with Crippen LogP contribution in [-0.2, 0) is 14.4 Å². The fourth-order valence-corrected chi connectivity index (χ4v) is 1.57. The first-order valence-corrected chi connectivity index (χ1v) is 3.96. The van der Waals surface area contributed by atoms with Crippen LogP contribution in [0.2, 0.25) is 0 Å². The Balaban J connectivity index is 2.71. The monoisotopic (exact) mass is 185 g/mol. The van der Waals surface area contributed by atoms with E-state index in [1.54, 1.807) is 6.92 Å². The minimum atomic E-state index is -0.981. The van der Waals surface area contributed by atoms with E-state index < -0.39 is 11.4 Å². The Hall–Kier alpha value is -1.39. The van der Waals surface area contributed by atoms with Gasteiger partial charge in [-0.1, -0.05) is 6.92 Å². The lowest BCUT2D eigenvalue weighted by molar-refractivity contribution is -0.143. The molecule has 1 aliphatic heterocycles. The molecular weight excluding hydrogens is 174 g/mol. The van der Waals surface area contributed by atoms with Crippen molar-refractivity contribution in [1.29, 1.82) is 0 Å². The van der Waals surface area contributed by atoms with Crippen molar-refractivity contribution in [3.05, 3.63) is 0 Å². The zero-order chi connectivity index (χ0) is 10.1. The van der Waals surface area contributed by atoms with Crippen LogP contribution in [0.4, 0.5) is 0 Å². The van der Waals surface area contributed by atoms with Crippen LogP contribution in [0, 0.1) is 5.41 Å². The zero-order valence-electron chi connectivity index (χ0n) is 7.29. The van der Waals surface area contributed by atoms with Gasteiger partial charge < -0.3 is 5.11 Å². The number of carboxylic acids is 1. The summed E-state index contributed by atoms with van der Waals surface area (Å²) in [5.74, 6) is -1.76. The molecular formula is C8H11NO4. The Morgan fingerprint density at radius 1 is 1.46 bits per heavy atom. The molecule has 0 spiro atoms. The van der Waals surface area contributed by atoms with Crippen molar-refractivity contribution >= 4 is 17.8 Å². The number of rotatable bonds is 2. The summed E-state index contributed by atoms with van der Waals surface area (Å²) in [4.78, 5) is 32.3. The highest BCUT2D eigenvalue weighted by molar-refractivity contribution is 5.98. The molecule has 1 aliphatic rings. The number of carbonyl (C=O) groups excluding carboxylic acids is 2. The van der Waals surface area contributed by atoms with Crippen molar-refractivity contribution < 1.29 is 19.5 Å². The summed E-state index contributed by atoms with van der Waals surface area (Å²) >= 11 is 0. The van der Waals surface area contributed by atoms with Crippen molar-refractivity contribution in [2.75, 3.05) is 0 Å². The molecule has 0 aromatic heterocycles. The highest BCUT2D eigenvalue weighted by Gasteiger charge is 2.37. The molecule has 1 heterocycles. The Labute approximate surface area is 75.1 Å². The van der Waals surface area contributed by atoms with Crippen LogP contribution in [0.25, 0.3) is 0 Å². The molecule has 0 atom stereocenters. The van der Waals surface area contributed by atoms with Crippen LogP contribution in [0.3, 0.4) is 0 Å². The maximum atomic E-state index is 10.9. The van der Waals surface area contributed by atoms with Crippen LogP contribution in [0.5, 0.6) is 0 Å². The van der Waals surface area contributed by atoms with Gasteiger partial charge in [0.05, 0.1) is 6.42 Å². The quantitative estimate of drug-likeness (QED) is 0.588. The van der Waals surface area contributed by atoms with Crippen molar-refractivity contribution in [2.45, 2.75) is 26.2 Å². The Morgan fingerprint density at radius 2 is 1.92 bits per heavy atom. The lowest BCUT2D eigenvalue weighted by atomic mass is 9.77. The molecule has 0 unspecified atom stereocenters. The number of aliphatic carboxylic acids is 1. The van der Waals surface area contributed by atoms with Gasteiger partial charge in [-0.15, -0.1) is 0 Å². The van der Waals surface area contributed by atoms with E-state index in [1.165, 1.54) is 0 Å². The van der Waals surface area contributed by atoms with Gasteiger partial charge in [-0.05, 0) is 5.41 Å². The average Bonchev–Trinajstić information content (AvgIpc) is 1.77. The highest BCUT2D eigenvalue weighted by atomic mass is 16.4. The first kappa shape index (κ1) is 9.70. The molecule has 5 nitrogen and oxygen atoms in total. The second-order valence-electron chi connectivity index (χ2n) is 3.71. The number of amides is 2. The third kappa shape index (κ3) is 2.54. The SMILES string of the molecule is CC1(CC(=O)O)CC(=O)NC(=O)C1. The van der Waals surface area contributed by atoms with E-state index in [4.69, 9.17) is 5.11 Å². The first-order chi connectivity index (χ1) is 5.91. The average molecular weight is 185 g/mol. The van der Waals surface area contributed by atoms with E-state index in [0.29, 0.717) is 0 Å². The third-order valence-electron chi connectivity index (χ3n) is 2.03. The maximum absolute atomic E-state index is 10.9. The number of hydrogen-bond acceptors (Lipinski definition) is 3. The van der Waals surface area contributed by atoms with Crippen LogP contribution in [-0.4, -0.2) is 22.9 Å². The fraction of sp³-hybridized carbons (Fsp3) is 0.625. The lowest BCUT2D eigenvalue weighted by Gasteiger charge is -2.30. The van der Waals surface area contributed by atoms with Gasteiger partial charge in [-0.25, -0.2) is 0 Å². The van der Waals surface area contributed by atoms with E-state index in [0.717, 1.165) is 0 Å². The summed E-state index contributed by atoms with van der Waals surface area (Å²) in [5.41, 5.74) is -0.717. The number of carboxylic acid groups (broad SMARTS) is 1. The molecule has 13 heavy (non-hydrogen) atoms. The van der Waals surface area contributed by atoms with Crippen molar-refractivity contribution in [1.82, 2.24) is 5.32 Å². The van der Waals surface area contributed by atoms with E-state index in [1.807, 2.05) is 0 Å². The Kier molecular flexibility index (Phi) is 2.36. The highest BCUT2D eigenvalue weighted by Crippen LogP contribution is 2.32. The van der Waals surface area contributed by atoms with E-state index >= 15 is 0 Å². The molecule has 5 heteroatoms. The predicted octanol–water partition coefficient (Wildman–Crippen LogP) is -0.0960. The minimum absolute atomic E-state index is 0.102. The second-order valence-corrected chi connectivity index (χ2v) is 3.71. The molecule has 0 saturated carbocycles. The van der Waals surface area contributed by atoms with Crippen molar-refractivity contribution in [2.24, 2.45) is 5.41 Å². The predicted molar refractivity (Wildman–Crippen MR) is 42.7 cm³/mol. The van der Waals surface area contributed by atoms with Gasteiger partial charge in [0, 0.05) is 12.8 Å². The molecule has 2 N–H and O–H groups in total. The zero-order valence-corrected chi connectivity index (χ0v) is 7.29. The largest absolute Gasteiger partial charge is 0.481 e. The summed E-state index contributed by atoms with van der Waals surface area (Å²) in [6, 6.07) is 0. The molecule has 2 amide bonds. The van der Waals surface area contributed by atoms with Gasteiger partial charge in [0.15, 0.2) is 0 Å². The second kappa shape index (κ2) is 3.16. The number of imide groups is 1. The number of piperidine rings is 1. The standard InChI is InChI=1S/C8H11NO4/c1-8(4-7(12)13)2-5(10)9-6(11)3-8/h2-4H2,1H3,(H,12,13)(H,9,10,11). The number of nitrogens with one attached hydrogen (secondary N) is 1. The molecule has 72 valence electrons. The summed E-state index contributed by atoms with van der Waals surface area (Å²) in [6.45, 7) is 1.64. The Morgan fingerprint density at radius 3 is 2.31 bits per heavy atom. The summed E-state index contributed by atoms with van der Waals surface area (Å²) in [5, 5.41) is 10.7. The molecule has 0 radical (unpaired) electrons. The smallest absolute Gasteiger partial charge is 0.303 e. The normalized spacial score (nSPS) is 21.0. The first-order valence-electron chi connectivity index (χ1n) is 3.96.